The van der Waals surface area contributed by atoms with Crippen molar-refractivity contribution >= 4 is 5.97 Å². The molecule has 58 valence electrons. The smallest absolute Gasteiger partial charge is 0.304 e. The van der Waals surface area contributed by atoms with Gasteiger partial charge in [0, 0.05) is 6.92 Å². The van der Waals surface area contributed by atoms with Gasteiger partial charge in [-0.2, -0.15) is 0 Å². The molecule has 0 rings (SSSR count). The van der Waals surface area contributed by atoms with Gasteiger partial charge in [0.2, 0.25) is 6.29 Å². The molecule has 0 aromatic rings. The van der Waals surface area contributed by atoms with Gasteiger partial charge in [0.1, 0.15) is 0 Å². The molecule has 0 amide bonds. The molecule has 10 heavy (non-hydrogen) atoms. The van der Waals surface area contributed by atoms with Gasteiger partial charge in [-0.1, -0.05) is 0 Å². The highest BCUT2D eigenvalue weighted by Gasteiger charge is 2.08. The molecule has 0 aliphatic rings. The SMILES string of the molecule is CC(=O)OC(C)O[N+](=O)[O-]. The highest BCUT2D eigenvalue weighted by molar-refractivity contribution is 5.65. The topological polar surface area (TPSA) is 78.7 Å². The molecule has 0 aliphatic heterocycles. The third-order valence-electron chi connectivity index (χ3n) is 0.566. The van der Waals surface area contributed by atoms with Crippen molar-refractivity contribution in [3.63, 3.8) is 0 Å². The van der Waals surface area contributed by atoms with Crippen LogP contribution in [0, 0.1) is 10.1 Å². The number of esters is 1. The zero-order chi connectivity index (χ0) is 8.15. The summed E-state index contributed by atoms with van der Waals surface area (Å²) in [6.45, 7) is 2.39. The van der Waals surface area contributed by atoms with E-state index >= 15 is 0 Å². The molecule has 0 aliphatic carbocycles. The van der Waals surface area contributed by atoms with E-state index in [0.717, 1.165) is 6.92 Å². The second-order valence-corrected chi connectivity index (χ2v) is 1.51. The summed E-state index contributed by atoms with van der Waals surface area (Å²) < 4.78 is 4.26. The average Bonchev–Trinajstić information content (AvgIpc) is 1.58. The van der Waals surface area contributed by atoms with E-state index in [2.05, 4.69) is 9.57 Å². The van der Waals surface area contributed by atoms with Gasteiger partial charge < -0.3 is 4.74 Å². The molecule has 6 nitrogen and oxygen atoms in total. The van der Waals surface area contributed by atoms with Gasteiger partial charge in [-0.15, -0.1) is 10.1 Å². The number of ether oxygens (including phenoxy) is 1. The van der Waals surface area contributed by atoms with Crippen LogP contribution in [-0.4, -0.2) is 17.3 Å². The standard InChI is InChI=1S/C4H7NO5/c1-3(6)9-4(2)10-5(7)8/h4H,1-2H3. The molecule has 1 atom stereocenters. The summed E-state index contributed by atoms with van der Waals surface area (Å²) in [6.07, 6.45) is -1.13. The predicted octanol–water partition coefficient (Wildman–Crippen LogP) is 0.104. The number of carbonyl (C=O) groups excluding carboxylic acids is 1. The average molecular weight is 149 g/mol. The molecule has 0 saturated heterocycles. The van der Waals surface area contributed by atoms with E-state index in [1.807, 2.05) is 0 Å². The Hall–Kier alpha value is -1.33. The molecule has 0 heterocycles. The van der Waals surface area contributed by atoms with Crippen LogP contribution in [0.1, 0.15) is 13.8 Å². The Kier molecular flexibility index (Phi) is 3.16. The molecule has 0 fully saturated rings. The van der Waals surface area contributed by atoms with Gasteiger partial charge in [0.25, 0.3) is 5.09 Å². The first-order chi connectivity index (χ1) is 4.52. The Morgan fingerprint density at radius 1 is 1.70 bits per heavy atom. The number of nitrogens with zero attached hydrogens (tertiary/aromatic N) is 1. The Labute approximate surface area is 56.8 Å². The second kappa shape index (κ2) is 3.65. The number of hydrogen-bond acceptors (Lipinski definition) is 5. The molecule has 0 radical (unpaired) electrons. The maximum atomic E-state index is 10.1. The van der Waals surface area contributed by atoms with E-state index in [9.17, 15) is 14.9 Å². The van der Waals surface area contributed by atoms with Gasteiger partial charge in [-0.25, -0.2) is 0 Å². The van der Waals surface area contributed by atoms with Crippen molar-refractivity contribution in [1.29, 1.82) is 0 Å². The van der Waals surface area contributed by atoms with Crippen LogP contribution in [0.3, 0.4) is 0 Å². The van der Waals surface area contributed by atoms with E-state index in [-0.39, 0.29) is 0 Å². The summed E-state index contributed by atoms with van der Waals surface area (Å²) in [5, 5.41) is 8.56. The minimum Gasteiger partial charge on any atom is -0.436 e. The predicted molar refractivity (Wildman–Crippen MR) is 29.3 cm³/mol. The van der Waals surface area contributed by atoms with Crippen molar-refractivity contribution < 1.29 is 19.5 Å². The fraction of sp³-hybridized carbons (Fsp3) is 0.750. The van der Waals surface area contributed by atoms with Crippen LogP contribution in [0.15, 0.2) is 0 Å². The first-order valence-electron chi connectivity index (χ1n) is 2.50. The molecule has 0 spiro atoms. The maximum absolute atomic E-state index is 10.1. The zero-order valence-corrected chi connectivity index (χ0v) is 5.57. The van der Waals surface area contributed by atoms with Gasteiger partial charge in [-0.3, -0.25) is 9.63 Å². The summed E-state index contributed by atoms with van der Waals surface area (Å²) in [5.74, 6) is -0.616. The lowest BCUT2D eigenvalue weighted by Gasteiger charge is -2.07. The van der Waals surface area contributed by atoms with E-state index in [1.165, 1.54) is 6.92 Å². The van der Waals surface area contributed by atoms with E-state index < -0.39 is 17.3 Å². The van der Waals surface area contributed by atoms with Crippen LogP contribution in [0.5, 0.6) is 0 Å². The molecule has 6 heteroatoms. The first kappa shape index (κ1) is 8.67. The van der Waals surface area contributed by atoms with Gasteiger partial charge in [0.05, 0.1) is 0 Å². The minimum atomic E-state index is -1.13. The Morgan fingerprint density at radius 2 is 2.20 bits per heavy atom. The quantitative estimate of drug-likeness (QED) is 0.246. The lowest BCUT2D eigenvalue weighted by molar-refractivity contribution is -0.777. The highest BCUT2D eigenvalue weighted by Crippen LogP contribution is 1.92. The van der Waals surface area contributed by atoms with Crippen molar-refractivity contribution in [2.45, 2.75) is 20.1 Å². The molecular formula is C4H7NO5. The van der Waals surface area contributed by atoms with Crippen molar-refractivity contribution in [3.8, 4) is 0 Å². The highest BCUT2D eigenvalue weighted by atomic mass is 17.0. The van der Waals surface area contributed by atoms with Crippen LogP contribution in [0.4, 0.5) is 0 Å². The fourth-order valence-electron chi connectivity index (χ4n) is 0.376. The summed E-state index contributed by atoms with van der Waals surface area (Å²) in [7, 11) is 0. The lowest BCUT2D eigenvalue weighted by atomic mass is 10.7. The second-order valence-electron chi connectivity index (χ2n) is 1.51. The summed E-state index contributed by atoms with van der Waals surface area (Å²) in [4.78, 5) is 23.5. The van der Waals surface area contributed by atoms with Gasteiger partial charge in [0.15, 0.2) is 0 Å². The Morgan fingerprint density at radius 3 is 2.50 bits per heavy atom. The molecule has 0 bridgehead atoms. The van der Waals surface area contributed by atoms with E-state index in [1.54, 1.807) is 0 Å². The van der Waals surface area contributed by atoms with E-state index in [4.69, 9.17) is 0 Å². The lowest BCUT2D eigenvalue weighted by Crippen LogP contribution is -2.19. The Bertz CT molecular complexity index is 129. The summed E-state index contributed by atoms with van der Waals surface area (Å²) >= 11 is 0. The third-order valence-corrected chi connectivity index (χ3v) is 0.566. The van der Waals surface area contributed by atoms with Crippen LogP contribution >= 0.6 is 0 Å². The third kappa shape index (κ3) is 4.82. The van der Waals surface area contributed by atoms with Crippen LogP contribution in [0.25, 0.3) is 0 Å². The minimum absolute atomic E-state index is 0.616. The molecule has 0 N–H and O–H groups in total. The van der Waals surface area contributed by atoms with E-state index in [0.29, 0.717) is 0 Å². The maximum Gasteiger partial charge on any atom is 0.304 e. The zero-order valence-electron chi connectivity index (χ0n) is 5.57. The molecule has 0 saturated carbocycles. The molecular weight excluding hydrogens is 142 g/mol. The monoisotopic (exact) mass is 149 g/mol. The van der Waals surface area contributed by atoms with Crippen molar-refractivity contribution in [3.05, 3.63) is 10.1 Å². The molecule has 0 aromatic carbocycles. The van der Waals surface area contributed by atoms with Crippen LogP contribution < -0.4 is 0 Å². The largest absolute Gasteiger partial charge is 0.436 e. The van der Waals surface area contributed by atoms with Gasteiger partial charge >= 0.3 is 5.97 Å². The number of hydrogen-bond donors (Lipinski definition) is 0. The fourth-order valence-corrected chi connectivity index (χ4v) is 0.376. The molecule has 0 aromatic heterocycles. The van der Waals surface area contributed by atoms with Crippen molar-refractivity contribution in [2.75, 3.05) is 0 Å². The van der Waals surface area contributed by atoms with Crippen molar-refractivity contribution in [1.82, 2.24) is 0 Å². The normalized spacial score (nSPS) is 11.8. The first-order valence-corrected chi connectivity index (χ1v) is 2.50. The van der Waals surface area contributed by atoms with Crippen LogP contribution in [-0.2, 0) is 14.4 Å². The van der Waals surface area contributed by atoms with Gasteiger partial charge in [-0.05, 0) is 6.92 Å². The molecule has 1 unspecified atom stereocenters. The Balaban J connectivity index is 3.53. The van der Waals surface area contributed by atoms with Crippen LogP contribution in [0.2, 0.25) is 0 Å². The summed E-state index contributed by atoms with van der Waals surface area (Å²) in [6, 6.07) is 0. The number of carbonyl (C=O) groups is 1. The number of rotatable bonds is 3. The summed E-state index contributed by atoms with van der Waals surface area (Å²) in [5.41, 5.74) is 0. The van der Waals surface area contributed by atoms with Crippen molar-refractivity contribution in [2.24, 2.45) is 0 Å².